The van der Waals surface area contributed by atoms with Crippen LogP contribution >= 0.6 is 0 Å². The van der Waals surface area contributed by atoms with Crippen LogP contribution in [-0.4, -0.2) is 29.6 Å². The number of urea groups is 1. The number of nitriles is 1. The quantitative estimate of drug-likeness (QED) is 0.715. The second-order valence-electron chi connectivity index (χ2n) is 4.84. The van der Waals surface area contributed by atoms with Crippen LogP contribution < -0.4 is 5.32 Å². The number of nitrogens with one attached hydrogen (secondary N) is 1. The van der Waals surface area contributed by atoms with Gasteiger partial charge in [0.05, 0.1) is 6.07 Å². The van der Waals surface area contributed by atoms with Crippen LogP contribution in [0.4, 0.5) is 4.79 Å². The molecule has 0 aromatic rings. The largest absolute Gasteiger partial charge is 0.325 e. The Labute approximate surface area is 91.2 Å². The van der Waals surface area contributed by atoms with Crippen molar-refractivity contribution in [3.63, 3.8) is 0 Å². The fourth-order valence-corrected chi connectivity index (χ4v) is 1.59. The van der Waals surface area contributed by atoms with Crippen molar-refractivity contribution in [2.45, 2.75) is 39.2 Å². The molecule has 0 aliphatic carbocycles. The van der Waals surface area contributed by atoms with Crippen molar-refractivity contribution in [2.24, 2.45) is 5.92 Å². The standard InChI is InChI=1S/C11H19N3O/c1-9-4-6-14(7-5-9)10(15)13-11(2,3)8-12/h9H,4-7H2,1-3H3,(H,13,15). The van der Waals surface area contributed by atoms with E-state index in [1.807, 2.05) is 0 Å². The Morgan fingerprint density at radius 3 is 2.47 bits per heavy atom. The Morgan fingerprint density at radius 2 is 2.00 bits per heavy atom. The lowest BCUT2D eigenvalue weighted by molar-refractivity contribution is 0.168. The van der Waals surface area contributed by atoms with Gasteiger partial charge in [0, 0.05) is 13.1 Å². The summed E-state index contributed by atoms with van der Waals surface area (Å²) in [6.45, 7) is 7.21. The minimum atomic E-state index is -0.778. The number of hydrogen-bond donors (Lipinski definition) is 1. The smallest absolute Gasteiger partial charge is 0.318 e. The Kier molecular flexibility index (Phi) is 3.57. The maximum Gasteiger partial charge on any atom is 0.318 e. The molecule has 1 aliphatic heterocycles. The van der Waals surface area contributed by atoms with Crippen LogP contribution in [0, 0.1) is 17.2 Å². The minimum absolute atomic E-state index is 0.117. The average Bonchev–Trinajstić information content (AvgIpc) is 2.18. The van der Waals surface area contributed by atoms with Crippen molar-refractivity contribution in [1.29, 1.82) is 5.26 Å². The van der Waals surface area contributed by atoms with E-state index in [9.17, 15) is 4.79 Å². The van der Waals surface area contributed by atoms with Gasteiger partial charge in [0.2, 0.25) is 0 Å². The number of amides is 2. The van der Waals surface area contributed by atoms with Gasteiger partial charge in [0.1, 0.15) is 5.54 Å². The number of nitrogens with zero attached hydrogens (tertiary/aromatic N) is 2. The number of piperidine rings is 1. The van der Waals surface area contributed by atoms with E-state index < -0.39 is 5.54 Å². The fourth-order valence-electron chi connectivity index (χ4n) is 1.59. The molecule has 0 unspecified atom stereocenters. The molecule has 1 saturated heterocycles. The summed E-state index contributed by atoms with van der Waals surface area (Å²) in [6, 6.07) is 1.94. The van der Waals surface area contributed by atoms with Gasteiger partial charge in [-0.05, 0) is 32.6 Å². The van der Waals surface area contributed by atoms with E-state index in [1.165, 1.54) is 0 Å². The Hall–Kier alpha value is -1.24. The van der Waals surface area contributed by atoms with Gasteiger partial charge in [-0.3, -0.25) is 0 Å². The molecule has 1 N–H and O–H groups in total. The maximum absolute atomic E-state index is 11.7. The molecule has 0 bridgehead atoms. The van der Waals surface area contributed by atoms with E-state index in [-0.39, 0.29) is 6.03 Å². The summed E-state index contributed by atoms with van der Waals surface area (Å²) in [5, 5.41) is 11.5. The van der Waals surface area contributed by atoms with Gasteiger partial charge in [-0.1, -0.05) is 6.92 Å². The molecule has 0 radical (unpaired) electrons. The molecule has 4 heteroatoms. The van der Waals surface area contributed by atoms with Gasteiger partial charge >= 0.3 is 6.03 Å². The van der Waals surface area contributed by atoms with Crippen LogP contribution in [0.3, 0.4) is 0 Å². The Bertz CT molecular complexity index is 272. The van der Waals surface area contributed by atoms with Crippen molar-refractivity contribution in [1.82, 2.24) is 10.2 Å². The predicted molar refractivity (Wildman–Crippen MR) is 58.2 cm³/mol. The van der Waals surface area contributed by atoms with Gasteiger partial charge in [-0.2, -0.15) is 5.26 Å². The fraction of sp³-hybridized carbons (Fsp3) is 0.818. The summed E-state index contributed by atoms with van der Waals surface area (Å²) in [6.07, 6.45) is 2.11. The topological polar surface area (TPSA) is 56.1 Å². The van der Waals surface area contributed by atoms with Crippen molar-refractivity contribution in [3.8, 4) is 6.07 Å². The summed E-state index contributed by atoms with van der Waals surface area (Å²) in [4.78, 5) is 13.5. The molecule has 0 spiro atoms. The van der Waals surface area contributed by atoms with Crippen LogP contribution in [0.25, 0.3) is 0 Å². The zero-order valence-corrected chi connectivity index (χ0v) is 9.71. The number of carbonyl (C=O) groups is 1. The summed E-state index contributed by atoms with van der Waals surface area (Å²) < 4.78 is 0. The van der Waals surface area contributed by atoms with E-state index in [2.05, 4.69) is 18.3 Å². The second kappa shape index (κ2) is 4.52. The number of carbonyl (C=O) groups excluding carboxylic acids is 1. The molecule has 0 aromatic heterocycles. The molecule has 4 nitrogen and oxygen atoms in total. The highest BCUT2D eigenvalue weighted by Gasteiger charge is 2.25. The third-order valence-corrected chi connectivity index (χ3v) is 2.77. The summed E-state index contributed by atoms with van der Waals surface area (Å²) >= 11 is 0. The third kappa shape index (κ3) is 3.43. The minimum Gasteiger partial charge on any atom is -0.325 e. The molecular weight excluding hydrogens is 190 g/mol. The first-order valence-electron chi connectivity index (χ1n) is 5.43. The molecule has 1 aliphatic rings. The van der Waals surface area contributed by atoms with Gasteiger partial charge in [-0.15, -0.1) is 0 Å². The van der Waals surface area contributed by atoms with Crippen LogP contribution in [0.5, 0.6) is 0 Å². The van der Waals surface area contributed by atoms with E-state index in [1.54, 1.807) is 18.7 Å². The predicted octanol–water partition coefficient (Wildman–Crippen LogP) is 1.73. The lowest BCUT2D eigenvalue weighted by atomic mass is 9.99. The van der Waals surface area contributed by atoms with Crippen LogP contribution in [0.15, 0.2) is 0 Å². The van der Waals surface area contributed by atoms with Crippen molar-refractivity contribution in [2.75, 3.05) is 13.1 Å². The van der Waals surface area contributed by atoms with Gasteiger partial charge in [-0.25, -0.2) is 4.79 Å². The van der Waals surface area contributed by atoms with E-state index in [4.69, 9.17) is 5.26 Å². The normalized spacial score (nSPS) is 18.4. The highest BCUT2D eigenvalue weighted by molar-refractivity contribution is 5.75. The van der Waals surface area contributed by atoms with Gasteiger partial charge in [0.15, 0.2) is 0 Å². The van der Waals surface area contributed by atoms with E-state index in [0.29, 0.717) is 5.92 Å². The van der Waals surface area contributed by atoms with E-state index >= 15 is 0 Å². The Morgan fingerprint density at radius 1 is 1.47 bits per heavy atom. The highest BCUT2D eigenvalue weighted by atomic mass is 16.2. The first kappa shape index (κ1) is 11.8. The summed E-state index contributed by atoms with van der Waals surface area (Å²) in [5.74, 6) is 0.707. The molecule has 0 saturated carbocycles. The molecule has 2 amide bonds. The molecule has 1 heterocycles. The molecule has 15 heavy (non-hydrogen) atoms. The lowest BCUT2D eigenvalue weighted by Gasteiger charge is -2.32. The molecule has 0 atom stereocenters. The third-order valence-electron chi connectivity index (χ3n) is 2.77. The van der Waals surface area contributed by atoms with Crippen molar-refractivity contribution in [3.05, 3.63) is 0 Å². The molecule has 1 fully saturated rings. The second-order valence-corrected chi connectivity index (χ2v) is 4.84. The number of likely N-dealkylation sites (tertiary alicyclic amines) is 1. The van der Waals surface area contributed by atoms with Gasteiger partial charge in [0.25, 0.3) is 0 Å². The number of hydrogen-bond acceptors (Lipinski definition) is 2. The van der Waals surface area contributed by atoms with Crippen LogP contribution in [0.2, 0.25) is 0 Å². The molecule has 84 valence electrons. The van der Waals surface area contributed by atoms with Crippen LogP contribution in [0.1, 0.15) is 33.6 Å². The summed E-state index contributed by atoms with van der Waals surface area (Å²) in [7, 11) is 0. The highest BCUT2D eigenvalue weighted by Crippen LogP contribution is 2.16. The molecule has 0 aromatic carbocycles. The lowest BCUT2D eigenvalue weighted by Crippen LogP contribution is -2.51. The monoisotopic (exact) mass is 209 g/mol. The maximum atomic E-state index is 11.7. The van der Waals surface area contributed by atoms with Crippen molar-refractivity contribution >= 4 is 6.03 Å². The van der Waals surface area contributed by atoms with Gasteiger partial charge < -0.3 is 10.2 Å². The zero-order chi connectivity index (χ0) is 11.5. The SMILES string of the molecule is CC1CCN(C(=O)NC(C)(C)C#N)CC1. The first-order chi connectivity index (χ1) is 6.94. The van der Waals surface area contributed by atoms with Crippen molar-refractivity contribution < 1.29 is 4.79 Å². The molecule has 1 rings (SSSR count). The summed E-state index contributed by atoms with van der Waals surface area (Å²) in [5.41, 5.74) is -0.778. The van der Waals surface area contributed by atoms with E-state index in [0.717, 1.165) is 25.9 Å². The van der Waals surface area contributed by atoms with Crippen LogP contribution in [-0.2, 0) is 0 Å². The number of rotatable bonds is 1. The average molecular weight is 209 g/mol. The zero-order valence-electron chi connectivity index (χ0n) is 9.71. The Balaban J connectivity index is 2.45. The first-order valence-corrected chi connectivity index (χ1v) is 5.43. The molecular formula is C11H19N3O.